The third kappa shape index (κ3) is 9.92. The summed E-state index contributed by atoms with van der Waals surface area (Å²) in [5.41, 5.74) is 42.9. The van der Waals surface area contributed by atoms with E-state index in [0.717, 1.165) is 55.2 Å². The van der Waals surface area contributed by atoms with Gasteiger partial charge < -0.3 is 0 Å². The number of hydrogen-bond acceptors (Lipinski definition) is 3. The van der Waals surface area contributed by atoms with Crippen LogP contribution < -0.4 is 0 Å². The van der Waals surface area contributed by atoms with Gasteiger partial charge in [0.25, 0.3) is 0 Å². The molecule has 0 spiro atoms. The van der Waals surface area contributed by atoms with Crippen LogP contribution >= 0.6 is 0 Å². The van der Waals surface area contributed by atoms with Gasteiger partial charge in [-0.05, 0) is 237 Å². The molecule has 0 saturated carbocycles. The maximum atomic E-state index is 5.28. The summed E-state index contributed by atoms with van der Waals surface area (Å²) in [5, 5.41) is 11.0. The number of nitrogens with zero attached hydrogens (tertiary/aromatic N) is 3. The molecule has 0 aliphatic heterocycles. The highest BCUT2D eigenvalue weighted by molar-refractivity contribution is 6.25. The third-order valence-electron chi connectivity index (χ3n) is 25.4. The largest absolute Gasteiger partial charge is 0.254 e. The molecule has 114 heavy (non-hydrogen) atoms. The van der Waals surface area contributed by atoms with Crippen molar-refractivity contribution in [3.8, 4) is 156 Å². The Labute approximate surface area is 662 Å². The second-order valence-electron chi connectivity index (χ2n) is 32.3. The van der Waals surface area contributed by atoms with Gasteiger partial charge in [0.1, 0.15) is 0 Å². The van der Waals surface area contributed by atoms with Crippen molar-refractivity contribution in [3.63, 3.8) is 0 Å². The van der Waals surface area contributed by atoms with Crippen LogP contribution in [0.2, 0.25) is 0 Å². The molecule has 20 aromatic rings. The minimum absolute atomic E-state index is 0.214. The second-order valence-corrected chi connectivity index (χ2v) is 32.3. The summed E-state index contributed by atoms with van der Waals surface area (Å²) in [6, 6.07) is 134. The quantitative estimate of drug-likeness (QED) is 0.142. The fourth-order valence-corrected chi connectivity index (χ4v) is 20.0. The Morgan fingerprint density at radius 3 is 0.982 bits per heavy atom. The van der Waals surface area contributed by atoms with Crippen LogP contribution in [0.25, 0.3) is 221 Å². The molecule has 0 radical (unpaired) electrons. The minimum atomic E-state index is -0.227. The van der Waals surface area contributed by atoms with Crippen LogP contribution in [0, 0.1) is 0 Å². The molecular weight excluding hydrogens is 1380 g/mol. The van der Waals surface area contributed by atoms with Crippen LogP contribution in [0.3, 0.4) is 0 Å². The first-order valence-electron chi connectivity index (χ1n) is 39.8. The van der Waals surface area contributed by atoms with Crippen molar-refractivity contribution >= 4 is 65.0 Å². The number of hydrogen-bond donors (Lipinski definition) is 0. The Morgan fingerprint density at radius 2 is 0.526 bits per heavy atom. The molecule has 3 heteroatoms. The van der Waals surface area contributed by atoms with E-state index < -0.39 is 0 Å². The van der Waals surface area contributed by atoms with Crippen molar-refractivity contribution in [2.75, 3.05) is 0 Å². The van der Waals surface area contributed by atoms with Gasteiger partial charge in [-0.25, -0.2) is 9.97 Å². The molecule has 0 unspecified atom stereocenters. The Morgan fingerprint density at radius 1 is 0.193 bits per heavy atom. The highest BCUT2D eigenvalue weighted by Crippen LogP contribution is 2.61. The Bertz CT molecular complexity index is 7040. The summed E-state index contributed by atoms with van der Waals surface area (Å²) in [6.45, 7) is 9.54. The molecule has 4 aliphatic carbocycles. The van der Waals surface area contributed by atoms with Crippen LogP contribution in [0.1, 0.15) is 49.9 Å². The third-order valence-corrected chi connectivity index (χ3v) is 25.4. The predicted octanol–water partition coefficient (Wildman–Crippen LogP) is 29.7. The lowest BCUT2D eigenvalue weighted by Crippen LogP contribution is -2.15. The molecular formula is C111H73N3. The van der Waals surface area contributed by atoms with Gasteiger partial charge in [-0.1, -0.05) is 337 Å². The first kappa shape index (κ1) is 65.6. The van der Waals surface area contributed by atoms with Crippen molar-refractivity contribution in [2.45, 2.75) is 38.5 Å². The van der Waals surface area contributed by atoms with E-state index in [1.54, 1.807) is 0 Å². The lowest BCUT2D eigenvalue weighted by molar-refractivity contribution is 0.660. The molecule has 3 aromatic heterocycles. The smallest absolute Gasteiger partial charge is 0.0972 e. The van der Waals surface area contributed by atoms with Gasteiger partial charge in [0, 0.05) is 49.7 Å². The SMILES string of the molecule is CC1(C)c2cc(-c3ccc4ccc5ccccc5c4n3)ccc2-c2ccc(-c3cc(-c4ccccc4)c4c(c3-c3ccccc3)-c3cccc5cccc-4c35)cc21.CC1(C)c2cc(-c3ccc4ccc5cccnc5c4n3)ccc2-c2ccc(-c3cc(-c4ccccc4)c4c(c3-c3ccccc3)-c3cccc5cccc-4c35)cc21. The van der Waals surface area contributed by atoms with E-state index in [0.29, 0.717) is 0 Å². The molecule has 0 amide bonds. The van der Waals surface area contributed by atoms with Gasteiger partial charge in [-0.3, -0.25) is 4.98 Å². The molecule has 17 aromatic carbocycles. The Hall–Kier alpha value is -14.3. The Balaban J connectivity index is 0.000000135. The summed E-state index contributed by atoms with van der Waals surface area (Å²) >= 11 is 0. The molecule has 3 heterocycles. The summed E-state index contributed by atoms with van der Waals surface area (Å²) < 4.78 is 0. The molecule has 0 bridgehead atoms. The van der Waals surface area contributed by atoms with Gasteiger partial charge in [0.15, 0.2) is 0 Å². The van der Waals surface area contributed by atoms with Crippen molar-refractivity contribution < 1.29 is 0 Å². The number of fused-ring (bicyclic) bond motifs is 18. The number of benzene rings is 17. The molecule has 0 fully saturated rings. The molecule has 24 rings (SSSR count). The van der Waals surface area contributed by atoms with Gasteiger partial charge in [0.2, 0.25) is 0 Å². The zero-order valence-corrected chi connectivity index (χ0v) is 63.6. The van der Waals surface area contributed by atoms with E-state index in [-0.39, 0.29) is 10.8 Å². The summed E-state index contributed by atoms with van der Waals surface area (Å²) in [7, 11) is 0. The van der Waals surface area contributed by atoms with E-state index in [4.69, 9.17) is 15.0 Å². The second kappa shape index (κ2) is 25.1. The van der Waals surface area contributed by atoms with Gasteiger partial charge in [0.05, 0.1) is 27.9 Å². The summed E-state index contributed by atoms with van der Waals surface area (Å²) in [4.78, 5) is 15.2. The van der Waals surface area contributed by atoms with E-state index in [1.165, 1.54) is 188 Å². The minimum Gasteiger partial charge on any atom is -0.254 e. The van der Waals surface area contributed by atoms with Gasteiger partial charge in [-0.2, -0.15) is 0 Å². The standard InChI is InChI=1S/C56H37N.C55H36N2/c1-56(2)48-31-39(25-28-42(48)43-29-26-40(32-49(43)56)50-30-27-38-24-23-35-15-9-10-20-41(35)55(38)57-50)47-33-46(34-13-5-3-6-14-34)53-44-21-11-18-36-19-12-22-45(51(36)44)54(53)52(47)37-16-7-4-8-17-37;1-55(2)46-30-38(23-26-40(46)41-27-24-39(31-47(41)55)48-28-25-37-22-21-36-18-11-29-56-53(36)54(37)57-48)45-32-44(33-12-5-3-6-13-33)51-42-19-9-16-34-17-10-20-43(49(34)42)52(51)50(45)35-14-7-4-8-15-35/h3-33H,1-2H3;3-32H,1-2H3. The van der Waals surface area contributed by atoms with Crippen LogP contribution in [-0.4, -0.2) is 15.0 Å². The summed E-state index contributed by atoms with van der Waals surface area (Å²) in [5.74, 6) is 0. The highest BCUT2D eigenvalue weighted by Gasteiger charge is 2.40. The predicted molar refractivity (Wildman–Crippen MR) is 479 cm³/mol. The maximum Gasteiger partial charge on any atom is 0.0972 e. The lowest BCUT2D eigenvalue weighted by Gasteiger charge is -2.24. The average Bonchev–Trinajstić information content (AvgIpc) is 1.54. The molecule has 4 aliphatic rings. The first-order chi connectivity index (χ1) is 56.1. The maximum absolute atomic E-state index is 5.28. The lowest BCUT2D eigenvalue weighted by atomic mass is 9.79. The molecule has 3 nitrogen and oxygen atoms in total. The summed E-state index contributed by atoms with van der Waals surface area (Å²) in [6.07, 6.45) is 1.85. The van der Waals surface area contributed by atoms with Crippen LogP contribution in [0.15, 0.2) is 370 Å². The zero-order chi connectivity index (χ0) is 75.7. The Kier molecular flexibility index (Phi) is 14.5. The molecule has 532 valence electrons. The number of aromatic nitrogens is 3. The van der Waals surface area contributed by atoms with Crippen molar-refractivity contribution in [1.82, 2.24) is 15.0 Å². The molecule has 0 saturated heterocycles. The van der Waals surface area contributed by atoms with Crippen molar-refractivity contribution in [2.24, 2.45) is 0 Å². The highest BCUT2D eigenvalue weighted by atomic mass is 14.8. The topological polar surface area (TPSA) is 38.7 Å². The van der Waals surface area contributed by atoms with Gasteiger partial charge in [-0.15, -0.1) is 0 Å². The van der Waals surface area contributed by atoms with Crippen LogP contribution in [0.5, 0.6) is 0 Å². The fourth-order valence-electron chi connectivity index (χ4n) is 20.0. The normalized spacial score (nSPS) is 13.2. The van der Waals surface area contributed by atoms with E-state index in [9.17, 15) is 0 Å². The number of rotatable bonds is 8. The van der Waals surface area contributed by atoms with E-state index in [2.05, 4.69) is 386 Å². The first-order valence-corrected chi connectivity index (χ1v) is 39.8. The van der Waals surface area contributed by atoms with Crippen LogP contribution in [-0.2, 0) is 10.8 Å². The van der Waals surface area contributed by atoms with Crippen molar-refractivity contribution in [3.05, 3.63) is 392 Å². The van der Waals surface area contributed by atoms with Crippen molar-refractivity contribution in [1.29, 1.82) is 0 Å². The zero-order valence-electron chi connectivity index (χ0n) is 63.6. The van der Waals surface area contributed by atoms with E-state index in [1.807, 2.05) is 12.3 Å². The number of pyridine rings is 3. The van der Waals surface area contributed by atoms with E-state index >= 15 is 0 Å². The van der Waals surface area contributed by atoms with Crippen LogP contribution in [0.4, 0.5) is 0 Å². The van der Waals surface area contributed by atoms with Gasteiger partial charge >= 0.3 is 0 Å². The monoisotopic (exact) mass is 1450 g/mol. The average molecular weight is 1450 g/mol. The fraction of sp³-hybridized carbons (Fsp3) is 0.0541. The molecule has 0 atom stereocenters. The molecule has 0 N–H and O–H groups in total.